The molecule has 1 aromatic rings. The molecule has 1 fully saturated rings. The van der Waals surface area contributed by atoms with Crippen molar-refractivity contribution in [1.29, 1.82) is 0 Å². The van der Waals surface area contributed by atoms with Crippen molar-refractivity contribution in [3.63, 3.8) is 0 Å². The summed E-state index contributed by atoms with van der Waals surface area (Å²) in [6.45, 7) is 1.89. The summed E-state index contributed by atoms with van der Waals surface area (Å²) < 4.78 is 23.0. The molecule has 1 amide bonds. The van der Waals surface area contributed by atoms with Crippen LogP contribution in [0.15, 0.2) is 24.0 Å². The highest BCUT2D eigenvalue weighted by Gasteiger charge is 2.72. The van der Waals surface area contributed by atoms with Gasteiger partial charge in [-0.3, -0.25) is 9.59 Å². The van der Waals surface area contributed by atoms with Crippen LogP contribution in [0.4, 0.5) is 0 Å². The number of methoxy groups -OCH3 is 1. The molecule has 0 unspecified atom stereocenters. The highest BCUT2D eigenvalue weighted by Crippen LogP contribution is 2.65. The lowest BCUT2D eigenvalue weighted by Gasteiger charge is -2.61. The summed E-state index contributed by atoms with van der Waals surface area (Å²) in [5, 5.41) is 41.8. The lowest BCUT2D eigenvalue weighted by Crippen LogP contribution is -2.74. The Hall–Kier alpha value is -4.21. The highest BCUT2D eigenvalue weighted by molar-refractivity contribution is 5.89. The normalized spacial score (nSPS) is 27.9. The Morgan fingerprint density at radius 2 is 1.91 bits per heavy atom. The van der Waals surface area contributed by atoms with E-state index in [9.17, 15) is 34.2 Å². The Morgan fingerprint density at radius 1 is 1.18 bits per heavy atom. The van der Waals surface area contributed by atoms with Crippen LogP contribution < -0.4 is 14.8 Å². The van der Waals surface area contributed by atoms with Gasteiger partial charge in [-0.2, -0.15) is 0 Å². The van der Waals surface area contributed by atoms with Crippen molar-refractivity contribution in [3.05, 3.63) is 35.1 Å². The number of likely N-dealkylation sites (N-methyl/N-ethyl adjacent to an activating group) is 1. The number of aliphatic hydroxyl groups excluding tert-OH is 1. The van der Waals surface area contributed by atoms with Crippen molar-refractivity contribution in [2.75, 3.05) is 20.7 Å². The quantitative estimate of drug-likeness (QED) is 0.186. The summed E-state index contributed by atoms with van der Waals surface area (Å²) in [6.07, 6.45) is -3.43. The molecule has 1 aromatic carbocycles. The molecule has 1 saturated heterocycles. The maximum Gasteiger partial charge on any atom is 0.352 e. The Kier molecular flexibility index (Phi) is 8.55. The number of aliphatic carboxylic acids is 2. The molecule has 2 bridgehead atoms. The molecule has 244 valence electrons. The number of benzene rings is 1. The minimum absolute atomic E-state index is 0.139. The first-order valence-electron chi connectivity index (χ1n) is 14.6. The average Bonchev–Trinajstić information content (AvgIpc) is 3.34. The topological polar surface area (TPSA) is 218 Å². The molecule has 4 aliphatic rings. The van der Waals surface area contributed by atoms with Crippen LogP contribution in [0.1, 0.15) is 50.2 Å². The number of carboxylic acids is 2. The van der Waals surface area contributed by atoms with E-state index in [1.54, 1.807) is 12.1 Å². The number of nitrogens with zero attached hydrogens (tertiary/aromatic N) is 1. The van der Waals surface area contributed by atoms with Gasteiger partial charge in [-0.1, -0.05) is 6.07 Å². The third kappa shape index (κ3) is 5.38. The monoisotopic (exact) mass is 632 g/mol. The molecular weight excluding hydrogens is 596 g/mol. The zero-order valence-electron chi connectivity index (χ0n) is 25.0. The lowest BCUT2D eigenvalue weighted by molar-refractivity contribution is -0.176. The van der Waals surface area contributed by atoms with Crippen LogP contribution in [0.2, 0.25) is 0 Å². The zero-order valence-corrected chi connectivity index (χ0v) is 25.0. The van der Waals surface area contributed by atoms with Crippen LogP contribution in [-0.2, 0) is 45.3 Å². The summed E-state index contributed by atoms with van der Waals surface area (Å²) in [6, 6.07) is 2.00. The summed E-state index contributed by atoms with van der Waals surface area (Å²) in [4.78, 5) is 62.5. The predicted octanol–water partition coefficient (Wildman–Crippen LogP) is -0.367. The van der Waals surface area contributed by atoms with E-state index in [1.807, 2.05) is 13.1 Å². The Labute approximate surface area is 257 Å². The minimum Gasteiger partial charge on any atom is -0.493 e. The third-order valence-corrected chi connectivity index (χ3v) is 9.33. The second-order valence-electron chi connectivity index (χ2n) is 11.9. The van der Waals surface area contributed by atoms with Crippen LogP contribution in [0, 0.1) is 0 Å². The second kappa shape index (κ2) is 11.9. The van der Waals surface area contributed by atoms with Gasteiger partial charge in [0.1, 0.15) is 11.8 Å². The molecule has 1 spiro atoms. The van der Waals surface area contributed by atoms with Crippen LogP contribution in [0.5, 0.6) is 11.5 Å². The highest BCUT2D eigenvalue weighted by atomic mass is 16.6. The molecule has 7 atom stereocenters. The predicted molar refractivity (Wildman–Crippen MR) is 150 cm³/mol. The number of hydrogen-bond donors (Lipinski definition) is 5. The first-order chi connectivity index (χ1) is 21.2. The maximum absolute atomic E-state index is 13.3. The summed E-state index contributed by atoms with van der Waals surface area (Å²) in [5.41, 5.74) is -0.314. The SMILES string of the molecule is COc1ccc2c3c1O[C@H]1C(OC(=O)[C@H](C)OC(=O)[C@H](CCC(=O)O)NC(=O)C[C@H](O)C(=O)O)=CC[C@@]4(O)[C@@H](C2)N(C)CC[C@]314. The molecule has 5 rings (SSSR count). The maximum atomic E-state index is 13.3. The number of aliphatic hydroxyl groups is 2. The van der Waals surface area contributed by atoms with E-state index in [-0.39, 0.29) is 18.2 Å². The fourth-order valence-corrected chi connectivity index (χ4v) is 7.12. The number of rotatable bonds is 12. The fraction of sp³-hybridized carbons (Fsp3) is 0.567. The van der Waals surface area contributed by atoms with Gasteiger partial charge in [-0.15, -0.1) is 0 Å². The van der Waals surface area contributed by atoms with Gasteiger partial charge in [0.05, 0.1) is 24.5 Å². The van der Waals surface area contributed by atoms with Gasteiger partial charge >= 0.3 is 23.9 Å². The average molecular weight is 633 g/mol. The van der Waals surface area contributed by atoms with Crippen molar-refractivity contribution < 1.29 is 63.3 Å². The lowest BCUT2D eigenvalue weighted by atomic mass is 9.50. The van der Waals surface area contributed by atoms with E-state index >= 15 is 0 Å². The van der Waals surface area contributed by atoms with Crippen LogP contribution in [0.25, 0.3) is 0 Å². The summed E-state index contributed by atoms with van der Waals surface area (Å²) in [7, 11) is 3.48. The van der Waals surface area contributed by atoms with Crippen molar-refractivity contribution in [1.82, 2.24) is 10.2 Å². The van der Waals surface area contributed by atoms with Crippen molar-refractivity contribution in [3.8, 4) is 11.5 Å². The number of hydrogen-bond acceptors (Lipinski definition) is 12. The number of amides is 1. The molecule has 0 saturated carbocycles. The molecule has 45 heavy (non-hydrogen) atoms. The molecule has 15 nitrogen and oxygen atoms in total. The van der Waals surface area contributed by atoms with E-state index < -0.39 is 84.4 Å². The Morgan fingerprint density at radius 3 is 2.58 bits per heavy atom. The van der Waals surface area contributed by atoms with Gasteiger partial charge in [0, 0.05) is 24.4 Å². The summed E-state index contributed by atoms with van der Waals surface area (Å²) >= 11 is 0. The number of piperidine rings is 1. The van der Waals surface area contributed by atoms with E-state index in [4.69, 9.17) is 29.2 Å². The molecular formula is C30H36N2O13. The molecule has 0 radical (unpaired) electrons. The standard InChI is InChI=1S/C30H36N2O13/c1-14(43-28(40)16(5-7-22(35)36)31-21(34)13-17(33)26(37)38)27(39)44-19-8-9-30(41)20-12-15-4-6-18(42-3)24-23(15)29(30,25(19)45-24)10-11-32(20)2/h4,6,8,14,16-17,20,25,33,41H,5,7,9-13H2,1-3H3,(H,31,34)(H,35,36)(H,37,38)/t14-,16-,17-,20+,25-,29-,30+/m0/s1. The molecule has 2 heterocycles. The largest absolute Gasteiger partial charge is 0.493 e. The molecule has 2 aliphatic heterocycles. The van der Waals surface area contributed by atoms with E-state index in [2.05, 4.69) is 10.2 Å². The smallest absolute Gasteiger partial charge is 0.352 e. The number of nitrogens with one attached hydrogen (secondary N) is 1. The fourth-order valence-electron chi connectivity index (χ4n) is 7.12. The number of esters is 2. The van der Waals surface area contributed by atoms with Crippen LogP contribution >= 0.6 is 0 Å². The molecule has 2 aliphatic carbocycles. The molecule has 5 N–H and O–H groups in total. The van der Waals surface area contributed by atoms with Gasteiger partial charge < -0.3 is 49.6 Å². The van der Waals surface area contributed by atoms with Crippen molar-refractivity contribution in [2.45, 2.75) is 86.9 Å². The molecule has 0 aromatic heterocycles. The van der Waals surface area contributed by atoms with Gasteiger partial charge in [0.25, 0.3) is 0 Å². The zero-order chi connectivity index (χ0) is 32.8. The van der Waals surface area contributed by atoms with E-state index in [0.717, 1.165) is 11.1 Å². The number of carbonyl (C=O) groups is 5. The first-order valence-corrected chi connectivity index (χ1v) is 14.6. The summed E-state index contributed by atoms with van der Waals surface area (Å²) in [5.74, 6) is -5.01. The number of carbonyl (C=O) groups excluding carboxylic acids is 3. The number of carboxylic acid groups (broad SMARTS) is 2. The van der Waals surface area contributed by atoms with Gasteiger partial charge in [0.15, 0.2) is 29.8 Å². The van der Waals surface area contributed by atoms with Gasteiger partial charge in [-0.25, -0.2) is 14.4 Å². The van der Waals surface area contributed by atoms with E-state index in [0.29, 0.717) is 30.9 Å². The van der Waals surface area contributed by atoms with Crippen molar-refractivity contribution in [2.24, 2.45) is 0 Å². The molecule has 15 heteroatoms. The van der Waals surface area contributed by atoms with Gasteiger partial charge in [-0.05, 0) is 57.5 Å². The van der Waals surface area contributed by atoms with Crippen molar-refractivity contribution >= 4 is 29.8 Å². The number of likely N-dealkylation sites (tertiary alicyclic amines) is 1. The second-order valence-corrected chi connectivity index (χ2v) is 11.9. The Balaban J connectivity index is 1.34. The first kappa shape index (κ1) is 32.2. The minimum atomic E-state index is -2.04. The van der Waals surface area contributed by atoms with Crippen LogP contribution in [-0.4, -0.2) is 112 Å². The van der Waals surface area contributed by atoms with Crippen LogP contribution in [0.3, 0.4) is 0 Å². The van der Waals surface area contributed by atoms with E-state index in [1.165, 1.54) is 14.0 Å². The third-order valence-electron chi connectivity index (χ3n) is 9.33. The number of ether oxygens (including phenoxy) is 4. The van der Waals surface area contributed by atoms with Gasteiger partial charge in [0.2, 0.25) is 5.91 Å². The Bertz CT molecular complexity index is 1460.